The Bertz CT molecular complexity index is 1170. The van der Waals surface area contributed by atoms with Crippen molar-refractivity contribution in [2.75, 3.05) is 11.1 Å². The number of nitrogens with one attached hydrogen (secondary N) is 1. The van der Waals surface area contributed by atoms with Crippen LogP contribution in [0.5, 0.6) is 0 Å². The summed E-state index contributed by atoms with van der Waals surface area (Å²) >= 11 is 1.33. The Labute approximate surface area is 184 Å². The summed E-state index contributed by atoms with van der Waals surface area (Å²) < 4.78 is 3.89. The van der Waals surface area contributed by atoms with Crippen LogP contribution in [-0.4, -0.2) is 36.8 Å². The average molecular weight is 432 g/mol. The zero-order valence-electron chi connectivity index (χ0n) is 16.9. The SMILES string of the molecule is CC(=O)c1ccc(NC(=O)CSc2nnc(-n3cccc3)n2Cc2ccccc2)cc1. The molecule has 0 aliphatic heterocycles. The molecule has 1 amide bonds. The molecular weight excluding hydrogens is 410 g/mol. The van der Waals surface area contributed by atoms with Crippen LogP contribution in [0.3, 0.4) is 0 Å². The third-order valence-electron chi connectivity index (χ3n) is 4.62. The monoisotopic (exact) mass is 431 g/mol. The number of rotatable bonds is 8. The number of hydrogen-bond acceptors (Lipinski definition) is 5. The first-order valence-electron chi connectivity index (χ1n) is 9.74. The molecule has 0 atom stereocenters. The molecule has 0 saturated heterocycles. The van der Waals surface area contributed by atoms with E-state index in [1.807, 2.05) is 64.0 Å². The fraction of sp³-hybridized carbons (Fsp3) is 0.130. The number of ketones is 1. The van der Waals surface area contributed by atoms with Crippen molar-refractivity contribution in [2.45, 2.75) is 18.6 Å². The number of carbonyl (C=O) groups excluding carboxylic acids is 2. The molecule has 156 valence electrons. The van der Waals surface area contributed by atoms with Crippen molar-refractivity contribution in [3.8, 4) is 5.95 Å². The van der Waals surface area contributed by atoms with E-state index < -0.39 is 0 Å². The van der Waals surface area contributed by atoms with Gasteiger partial charge in [-0.15, -0.1) is 10.2 Å². The Morgan fingerprint density at radius 3 is 2.32 bits per heavy atom. The molecule has 0 aliphatic rings. The Morgan fingerprint density at radius 2 is 1.65 bits per heavy atom. The first kappa shape index (κ1) is 20.6. The number of nitrogens with zero attached hydrogens (tertiary/aromatic N) is 4. The number of hydrogen-bond donors (Lipinski definition) is 1. The highest BCUT2D eigenvalue weighted by atomic mass is 32.2. The van der Waals surface area contributed by atoms with Crippen LogP contribution in [0.1, 0.15) is 22.8 Å². The largest absolute Gasteiger partial charge is 0.325 e. The third kappa shape index (κ3) is 5.10. The highest BCUT2D eigenvalue weighted by molar-refractivity contribution is 7.99. The highest BCUT2D eigenvalue weighted by Crippen LogP contribution is 2.21. The van der Waals surface area contributed by atoms with E-state index in [2.05, 4.69) is 15.5 Å². The van der Waals surface area contributed by atoms with Crippen LogP contribution in [0.2, 0.25) is 0 Å². The number of aromatic nitrogens is 4. The second-order valence-electron chi connectivity index (χ2n) is 6.92. The van der Waals surface area contributed by atoms with Gasteiger partial charge in [-0.25, -0.2) is 0 Å². The number of amides is 1. The van der Waals surface area contributed by atoms with E-state index in [0.717, 1.165) is 5.56 Å². The number of Topliss-reactive ketones (excluding diaryl/α,β-unsaturated/α-hetero) is 1. The van der Waals surface area contributed by atoms with Crippen LogP contribution in [0.4, 0.5) is 5.69 Å². The molecule has 0 unspecified atom stereocenters. The van der Waals surface area contributed by atoms with Crippen LogP contribution < -0.4 is 5.32 Å². The Hall–Kier alpha value is -3.65. The lowest BCUT2D eigenvalue weighted by molar-refractivity contribution is -0.113. The lowest BCUT2D eigenvalue weighted by Crippen LogP contribution is -2.15. The zero-order valence-corrected chi connectivity index (χ0v) is 17.7. The number of carbonyl (C=O) groups is 2. The first-order chi connectivity index (χ1) is 15.1. The van der Waals surface area contributed by atoms with Crippen molar-refractivity contribution in [1.82, 2.24) is 19.3 Å². The molecule has 0 aliphatic carbocycles. The topological polar surface area (TPSA) is 81.8 Å². The van der Waals surface area contributed by atoms with Gasteiger partial charge in [0.15, 0.2) is 10.9 Å². The molecule has 4 aromatic rings. The van der Waals surface area contributed by atoms with Gasteiger partial charge in [0.05, 0.1) is 12.3 Å². The number of anilines is 1. The quantitative estimate of drug-likeness (QED) is 0.336. The number of benzene rings is 2. The van der Waals surface area contributed by atoms with E-state index in [1.54, 1.807) is 24.3 Å². The Balaban J connectivity index is 1.47. The van der Waals surface area contributed by atoms with Crippen LogP contribution in [0.15, 0.2) is 84.3 Å². The van der Waals surface area contributed by atoms with Crippen molar-refractivity contribution >= 4 is 29.1 Å². The molecule has 2 aromatic carbocycles. The van der Waals surface area contributed by atoms with Crippen molar-refractivity contribution in [3.63, 3.8) is 0 Å². The summed E-state index contributed by atoms with van der Waals surface area (Å²) in [6.07, 6.45) is 3.83. The summed E-state index contributed by atoms with van der Waals surface area (Å²) in [5, 5.41) is 12.2. The van der Waals surface area contributed by atoms with Crippen LogP contribution >= 0.6 is 11.8 Å². The molecule has 0 spiro atoms. The van der Waals surface area contributed by atoms with E-state index in [4.69, 9.17) is 0 Å². The van der Waals surface area contributed by atoms with Crippen molar-refractivity contribution in [2.24, 2.45) is 0 Å². The van der Waals surface area contributed by atoms with Crippen LogP contribution in [-0.2, 0) is 11.3 Å². The van der Waals surface area contributed by atoms with Crippen LogP contribution in [0, 0.1) is 0 Å². The Morgan fingerprint density at radius 1 is 0.935 bits per heavy atom. The van der Waals surface area contributed by atoms with Gasteiger partial charge in [-0.05, 0) is 48.9 Å². The maximum atomic E-state index is 12.4. The predicted octanol–water partition coefficient (Wildman–Crippen LogP) is 4.05. The summed E-state index contributed by atoms with van der Waals surface area (Å²) in [4.78, 5) is 23.8. The molecule has 0 radical (unpaired) electrons. The molecule has 1 N–H and O–H groups in total. The fourth-order valence-electron chi connectivity index (χ4n) is 3.07. The second kappa shape index (κ2) is 9.44. The maximum absolute atomic E-state index is 12.4. The van der Waals surface area contributed by atoms with Gasteiger partial charge in [0.2, 0.25) is 11.9 Å². The summed E-state index contributed by atoms with van der Waals surface area (Å²) in [6, 6.07) is 20.8. The summed E-state index contributed by atoms with van der Waals surface area (Å²) in [5.74, 6) is 0.714. The molecule has 2 heterocycles. The predicted molar refractivity (Wildman–Crippen MR) is 121 cm³/mol. The third-order valence-corrected chi connectivity index (χ3v) is 5.59. The number of thioether (sulfide) groups is 1. The second-order valence-corrected chi connectivity index (χ2v) is 7.86. The maximum Gasteiger partial charge on any atom is 0.236 e. The van der Waals surface area contributed by atoms with Gasteiger partial charge in [0.1, 0.15) is 0 Å². The molecule has 31 heavy (non-hydrogen) atoms. The standard InChI is InChI=1S/C23H21N5O2S/c1-17(29)19-9-11-20(12-10-19)24-21(30)16-31-23-26-25-22(27-13-5-6-14-27)28(23)15-18-7-3-2-4-8-18/h2-14H,15-16H2,1H3,(H,24,30). The van der Waals surface area contributed by atoms with Gasteiger partial charge in [-0.1, -0.05) is 42.1 Å². The minimum absolute atomic E-state index is 0.00955. The van der Waals surface area contributed by atoms with Gasteiger partial charge in [-0.2, -0.15) is 0 Å². The van der Waals surface area contributed by atoms with E-state index in [-0.39, 0.29) is 17.4 Å². The highest BCUT2D eigenvalue weighted by Gasteiger charge is 2.16. The summed E-state index contributed by atoms with van der Waals surface area (Å²) in [5.41, 5.74) is 2.38. The molecule has 0 bridgehead atoms. The fourth-order valence-corrected chi connectivity index (χ4v) is 3.80. The Kier molecular flexibility index (Phi) is 6.28. The summed E-state index contributed by atoms with van der Waals surface area (Å²) in [6.45, 7) is 2.11. The summed E-state index contributed by atoms with van der Waals surface area (Å²) in [7, 11) is 0. The molecule has 4 rings (SSSR count). The molecule has 7 nitrogen and oxygen atoms in total. The molecule has 2 aromatic heterocycles. The van der Waals surface area contributed by atoms with Crippen molar-refractivity contribution < 1.29 is 9.59 Å². The molecule has 0 fully saturated rings. The van der Waals surface area contributed by atoms with Gasteiger partial charge in [0.25, 0.3) is 0 Å². The lowest BCUT2D eigenvalue weighted by Gasteiger charge is -2.11. The van der Waals surface area contributed by atoms with Gasteiger partial charge < -0.3 is 5.32 Å². The van der Waals surface area contributed by atoms with E-state index >= 15 is 0 Å². The van der Waals surface area contributed by atoms with E-state index in [1.165, 1.54) is 18.7 Å². The zero-order chi connectivity index (χ0) is 21.6. The van der Waals surface area contributed by atoms with Crippen LogP contribution in [0.25, 0.3) is 5.95 Å². The average Bonchev–Trinajstić information content (AvgIpc) is 3.43. The molecule has 8 heteroatoms. The lowest BCUT2D eigenvalue weighted by atomic mass is 10.1. The van der Waals surface area contributed by atoms with E-state index in [9.17, 15) is 9.59 Å². The van der Waals surface area contributed by atoms with Crippen molar-refractivity contribution in [1.29, 1.82) is 0 Å². The van der Waals surface area contributed by atoms with Gasteiger partial charge in [0, 0.05) is 23.6 Å². The van der Waals surface area contributed by atoms with Crippen molar-refractivity contribution in [3.05, 3.63) is 90.3 Å². The minimum Gasteiger partial charge on any atom is -0.325 e. The molecule has 0 saturated carbocycles. The van der Waals surface area contributed by atoms with Gasteiger partial charge >= 0.3 is 0 Å². The van der Waals surface area contributed by atoms with E-state index in [0.29, 0.717) is 28.9 Å². The van der Waals surface area contributed by atoms with Gasteiger partial charge in [-0.3, -0.25) is 18.7 Å². The first-order valence-corrected chi connectivity index (χ1v) is 10.7. The molecular formula is C23H21N5O2S. The smallest absolute Gasteiger partial charge is 0.236 e. The minimum atomic E-state index is -0.155. The normalized spacial score (nSPS) is 10.7.